The van der Waals surface area contributed by atoms with Gasteiger partial charge in [0.2, 0.25) is 0 Å². The number of amidine groups is 1. The second-order valence-corrected chi connectivity index (χ2v) is 4.28. The molecule has 1 rings (SSSR count). The van der Waals surface area contributed by atoms with Gasteiger partial charge in [-0.15, -0.1) is 0 Å². The van der Waals surface area contributed by atoms with Crippen LogP contribution in [0.1, 0.15) is 0 Å². The van der Waals surface area contributed by atoms with Crippen LogP contribution < -0.4 is 11.1 Å². The molecule has 0 saturated heterocycles. The van der Waals surface area contributed by atoms with E-state index in [4.69, 9.17) is 34.1 Å². The van der Waals surface area contributed by atoms with Crippen LogP contribution in [-0.4, -0.2) is 17.6 Å². The van der Waals surface area contributed by atoms with Crippen LogP contribution >= 0.6 is 39.1 Å². The monoisotopic (exact) mass is 311 g/mol. The third-order valence-corrected chi connectivity index (χ3v) is 3.39. The standard InChI is InChI=1S/C8H8BrCl2N3O/c9-4-1-2-5(8(11)7(4)10)13-3-6(12)14-15/h1-2,13,15H,3H2,(H2,12,14). The van der Waals surface area contributed by atoms with Gasteiger partial charge < -0.3 is 16.3 Å². The number of nitrogens with one attached hydrogen (secondary N) is 1. The Hall–Kier alpha value is -0.650. The van der Waals surface area contributed by atoms with Gasteiger partial charge in [0.25, 0.3) is 0 Å². The third kappa shape index (κ3) is 3.15. The maximum atomic E-state index is 8.34. The largest absolute Gasteiger partial charge is 0.409 e. The number of nitrogens with two attached hydrogens (primary N) is 1. The lowest BCUT2D eigenvalue weighted by Gasteiger charge is -2.09. The Labute approximate surface area is 105 Å². The normalized spacial score (nSPS) is 11.5. The van der Waals surface area contributed by atoms with Crippen molar-refractivity contribution in [2.24, 2.45) is 10.9 Å². The van der Waals surface area contributed by atoms with Gasteiger partial charge in [-0.2, -0.15) is 0 Å². The van der Waals surface area contributed by atoms with Gasteiger partial charge in [0.15, 0.2) is 5.84 Å². The van der Waals surface area contributed by atoms with E-state index in [0.717, 1.165) is 0 Å². The number of halogens is 3. The van der Waals surface area contributed by atoms with E-state index < -0.39 is 0 Å². The van der Waals surface area contributed by atoms with E-state index in [-0.39, 0.29) is 12.4 Å². The lowest BCUT2D eigenvalue weighted by molar-refractivity contribution is 0.317. The van der Waals surface area contributed by atoms with Gasteiger partial charge in [0.1, 0.15) is 0 Å². The van der Waals surface area contributed by atoms with Crippen LogP contribution in [0.15, 0.2) is 21.8 Å². The number of benzene rings is 1. The number of rotatable bonds is 3. The van der Waals surface area contributed by atoms with Crippen molar-refractivity contribution < 1.29 is 5.21 Å². The van der Waals surface area contributed by atoms with Crippen molar-refractivity contribution in [1.29, 1.82) is 0 Å². The van der Waals surface area contributed by atoms with Crippen molar-refractivity contribution in [3.8, 4) is 0 Å². The van der Waals surface area contributed by atoms with Gasteiger partial charge in [-0.3, -0.25) is 0 Å². The first-order chi connectivity index (χ1) is 7.06. The van der Waals surface area contributed by atoms with Gasteiger partial charge in [-0.25, -0.2) is 0 Å². The molecular weight excluding hydrogens is 305 g/mol. The van der Waals surface area contributed by atoms with Gasteiger partial charge in [0.05, 0.1) is 22.3 Å². The maximum absolute atomic E-state index is 8.34. The zero-order valence-electron chi connectivity index (χ0n) is 7.47. The third-order valence-electron chi connectivity index (χ3n) is 1.62. The molecule has 82 valence electrons. The molecule has 0 amide bonds. The number of nitrogens with zero attached hydrogens (tertiary/aromatic N) is 1. The highest BCUT2D eigenvalue weighted by molar-refractivity contribution is 9.10. The first-order valence-corrected chi connectivity index (χ1v) is 5.45. The number of oxime groups is 1. The Morgan fingerprint density at radius 3 is 2.73 bits per heavy atom. The molecule has 4 N–H and O–H groups in total. The molecule has 0 radical (unpaired) electrons. The van der Waals surface area contributed by atoms with Crippen molar-refractivity contribution in [3.05, 3.63) is 26.7 Å². The molecule has 0 unspecified atom stereocenters. The smallest absolute Gasteiger partial charge is 0.158 e. The molecule has 7 heteroatoms. The summed E-state index contributed by atoms with van der Waals surface area (Å²) in [7, 11) is 0. The lowest BCUT2D eigenvalue weighted by Crippen LogP contribution is -2.22. The zero-order chi connectivity index (χ0) is 11.4. The topological polar surface area (TPSA) is 70.6 Å². The van der Waals surface area contributed by atoms with E-state index in [0.29, 0.717) is 20.2 Å². The van der Waals surface area contributed by atoms with Gasteiger partial charge in [0, 0.05) is 4.47 Å². The predicted molar refractivity (Wildman–Crippen MR) is 66.1 cm³/mol. The summed E-state index contributed by atoms with van der Waals surface area (Å²) in [5.74, 6) is 0.0603. The SMILES string of the molecule is N/C(CNc1ccc(Br)c(Cl)c1Cl)=N/O. The summed E-state index contributed by atoms with van der Waals surface area (Å²) in [6, 6.07) is 3.49. The van der Waals surface area contributed by atoms with Crippen molar-refractivity contribution in [3.63, 3.8) is 0 Å². The van der Waals surface area contributed by atoms with Crippen molar-refractivity contribution >= 4 is 50.7 Å². The molecule has 15 heavy (non-hydrogen) atoms. The van der Waals surface area contributed by atoms with E-state index in [1.165, 1.54) is 0 Å². The molecule has 4 nitrogen and oxygen atoms in total. The average molecular weight is 313 g/mol. The highest BCUT2D eigenvalue weighted by atomic mass is 79.9. The maximum Gasteiger partial charge on any atom is 0.158 e. The second-order valence-electron chi connectivity index (χ2n) is 2.67. The van der Waals surface area contributed by atoms with Crippen LogP contribution in [0, 0.1) is 0 Å². The number of hydrogen-bond donors (Lipinski definition) is 3. The van der Waals surface area contributed by atoms with Crippen LogP contribution in [0.3, 0.4) is 0 Å². The van der Waals surface area contributed by atoms with Crippen molar-refractivity contribution in [1.82, 2.24) is 0 Å². The molecule has 0 aliphatic heterocycles. The molecule has 0 fully saturated rings. The first-order valence-electron chi connectivity index (χ1n) is 3.90. The predicted octanol–water partition coefficient (Wildman–Crippen LogP) is 2.91. The summed E-state index contributed by atoms with van der Waals surface area (Å²) in [6.45, 7) is 0.189. The molecule has 0 aromatic heterocycles. The summed E-state index contributed by atoms with van der Waals surface area (Å²) >= 11 is 15.1. The molecule has 0 aliphatic carbocycles. The quantitative estimate of drug-likeness (QED) is 0.264. The fraction of sp³-hybridized carbons (Fsp3) is 0.125. The average Bonchev–Trinajstić information content (AvgIpc) is 2.24. The van der Waals surface area contributed by atoms with E-state index in [1.54, 1.807) is 12.1 Å². The van der Waals surface area contributed by atoms with Crippen molar-refractivity contribution in [2.75, 3.05) is 11.9 Å². The Kier molecular flexibility index (Phi) is 4.50. The molecule has 1 aromatic carbocycles. The molecule has 0 aliphatic rings. The van der Waals surface area contributed by atoms with Crippen LogP contribution in [-0.2, 0) is 0 Å². The molecule has 1 aromatic rings. The van der Waals surface area contributed by atoms with Crippen LogP contribution in [0.5, 0.6) is 0 Å². The Bertz CT molecular complexity index is 398. The summed E-state index contributed by atoms with van der Waals surface area (Å²) in [4.78, 5) is 0. The van der Waals surface area contributed by atoms with Gasteiger partial charge >= 0.3 is 0 Å². The Morgan fingerprint density at radius 2 is 2.13 bits per heavy atom. The molecule has 0 atom stereocenters. The van der Waals surface area contributed by atoms with E-state index in [9.17, 15) is 0 Å². The summed E-state index contributed by atoms with van der Waals surface area (Å²) < 4.78 is 0.712. The molecule has 0 saturated carbocycles. The van der Waals surface area contributed by atoms with Crippen LogP contribution in [0.2, 0.25) is 10.0 Å². The van der Waals surface area contributed by atoms with Gasteiger partial charge in [-0.1, -0.05) is 28.4 Å². The minimum absolute atomic E-state index is 0.0603. The van der Waals surface area contributed by atoms with Crippen molar-refractivity contribution in [2.45, 2.75) is 0 Å². The fourth-order valence-electron chi connectivity index (χ4n) is 0.884. The molecule has 0 spiro atoms. The highest BCUT2D eigenvalue weighted by Gasteiger charge is 2.08. The van der Waals surface area contributed by atoms with E-state index in [1.807, 2.05) is 0 Å². The number of hydrogen-bond acceptors (Lipinski definition) is 3. The Morgan fingerprint density at radius 1 is 1.47 bits per heavy atom. The van der Waals surface area contributed by atoms with E-state index in [2.05, 4.69) is 26.4 Å². The summed E-state index contributed by atoms with van der Waals surface area (Å²) in [5, 5.41) is 14.8. The lowest BCUT2D eigenvalue weighted by atomic mass is 10.3. The molecular formula is C8H8BrCl2N3O. The highest BCUT2D eigenvalue weighted by Crippen LogP contribution is 2.35. The molecule has 0 bridgehead atoms. The van der Waals surface area contributed by atoms with Crippen LogP contribution in [0.25, 0.3) is 0 Å². The summed E-state index contributed by atoms with van der Waals surface area (Å²) in [5.41, 5.74) is 5.91. The Balaban J connectivity index is 2.83. The number of anilines is 1. The minimum Gasteiger partial charge on any atom is -0.409 e. The summed E-state index contributed by atoms with van der Waals surface area (Å²) in [6.07, 6.45) is 0. The van der Waals surface area contributed by atoms with E-state index >= 15 is 0 Å². The molecule has 0 heterocycles. The second kappa shape index (κ2) is 5.44. The van der Waals surface area contributed by atoms with Gasteiger partial charge in [-0.05, 0) is 28.1 Å². The first kappa shape index (κ1) is 12.4. The fourth-order valence-corrected chi connectivity index (χ4v) is 1.72. The van der Waals surface area contributed by atoms with Crippen LogP contribution in [0.4, 0.5) is 5.69 Å². The minimum atomic E-state index is 0.0603. The zero-order valence-corrected chi connectivity index (χ0v) is 10.6.